The molecule has 7 heteroatoms. The van der Waals surface area contributed by atoms with Gasteiger partial charge in [-0.2, -0.15) is 0 Å². The highest BCUT2D eigenvalue weighted by Crippen LogP contribution is 2.32. The zero-order valence-electron chi connectivity index (χ0n) is 11.0. The van der Waals surface area contributed by atoms with Crippen LogP contribution < -0.4 is 5.56 Å². The fraction of sp³-hybridized carbons (Fsp3) is 0.462. The number of pyridine rings is 1. The number of nitrogens with zero attached hydrogens (tertiary/aromatic N) is 2. The molecule has 20 heavy (non-hydrogen) atoms. The molecule has 108 valence electrons. The summed E-state index contributed by atoms with van der Waals surface area (Å²) in [6, 6.07) is 3.15. The van der Waals surface area contributed by atoms with Crippen LogP contribution in [0.1, 0.15) is 17.9 Å². The second kappa shape index (κ2) is 5.36. The van der Waals surface area contributed by atoms with Crippen LogP contribution in [0.3, 0.4) is 0 Å². The first-order chi connectivity index (χ1) is 9.40. The lowest BCUT2D eigenvalue weighted by Crippen LogP contribution is -2.45. The van der Waals surface area contributed by atoms with Crippen molar-refractivity contribution in [2.75, 3.05) is 13.1 Å². The number of carbonyl (C=O) groups is 2. The van der Waals surface area contributed by atoms with Gasteiger partial charge < -0.3 is 19.7 Å². The molecule has 0 radical (unpaired) electrons. The molecule has 2 rings (SSSR count). The van der Waals surface area contributed by atoms with E-state index < -0.39 is 18.0 Å². The van der Waals surface area contributed by atoms with Gasteiger partial charge in [0, 0.05) is 38.3 Å². The lowest BCUT2D eigenvalue weighted by molar-refractivity contribution is -0.144. The van der Waals surface area contributed by atoms with Crippen molar-refractivity contribution in [2.24, 2.45) is 13.0 Å². The molecule has 0 aliphatic carbocycles. The zero-order chi connectivity index (χ0) is 14.9. The molecular formula is C13H16N2O5. The van der Waals surface area contributed by atoms with Crippen LogP contribution in [0.2, 0.25) is 0 Å². The van der Waals surface area contributed by atoms with E-state index in [2.05, 4.69) is 0 Å². The van der Waals surface area contributed by atoms with Gasteiger partial charge in [-0.3, -0.25) is 9.59 Å². The first-order valence-electron chi connectivity index (χ1n) is 6.27. The molecule has 0 spiro atoms. The predicted octanol–water partition coefficient (Wildman–Crippen LogP) is 0.553. The summed E-state index contributed by atoms with van der Waals surface area (Å²) in [6.07, 6.45) is 0.884. The van der Waals surface area contributed by atoms with E-state index in [0.717, 1.165) is 4.90 Å². The topological polar surface area (TPSA) is 99.8 Å². The summed E-state index contributed by atoms with van der Waals surface area (Å²) in [6.45, 7) is 0.226. The normalized spacial score (nSPS) is 22.6. The average Bonchev–Trinajstić information content (AvgIpc) is 2.41. The number of likely N-dealkylation sites (tertiary alicyclic amines) is 1. The maximum Gasteiger partial charge on any atom is 0.407 e. The third-order valence-corrected chi connectivity index (χ3v) is 3.76. The number of amides is 1. The lowest BCUT2D eigenvalue weighted by Gasteiger charge is -2.35. The van der Waals surface area contributed by atoms with E-state index in [1.165, 1.54) is 10.6 Å². The van der Waals surface area contributed by atoms with Crippen LogP contribution in [0.25, 0.3) is 0 Å². The molecule has 1 aromatic heterocycles. The van der Waals surface area contributed by atoms with Crippen LogP contribution in [0.15, 0.2) is 23.1 Å². The van der Waals surface area contributed by atoms with E-state index in [1.54, 1.807) is 19.3 Å². The van der Waals surface area contributed by atoms with Gasteiger partial charge in [-0.15, -0.1) is 0 Å². The molecule has 1 aliphatic rings. The second-order valence-corrected chi connectivity index (χ2v) is 4.98. The Labute approximate surface area is 115 Å². The second-order valence-electron chi connectivity index (χ2n) is 4.98. The van der Waals surface area contributed by atoms with Crippen molar-refractivity contribution in [1.82, 2.24) is 9.47 Å². The molecule has 0 saturated carbocycles. The largest absolute Gasteiger partial charge is 0.481 e. The summed E-state index contributed by atoms with van der Waals surface area (Å²) >= 11 is 0. The van der Waals surface area contributed by atoms with Crippen LogP contribution in [0, 0.1) is 5.92 Å². The number of hydrogen-bond acceptors (Lipinski definition) is 3. The maximum absolute atomic E-state index is 11.6. The quantitative estimate of drug-likeness (QED) is 0.824. The summed E-state index contributed by atoms with van der Waals surface area (Å²) in [5, 5.41) is 18.2. The summed E-state index contributed by atoms with van der Waals surface area (Å²) in [5.74, 6) is -2.20. The number of aromatic nitrogens is 1. The van der Waals surface area contributed by atoms with Gasteiger partial charge in [0.05, 0.1) is 5.92 Å². The third-order valence-electron chi connectivity index (χ3n) is 3.76. The first kappa shape index (κ1) is 14.1. The summed E-state index contributed by atoms with van der Waals surface area (Å²) in [5.41, 5.74) is 0.456. The predicted molar refractivity (Wildman–Crippen MR) is 69.8 cm³/mol. The van der Waals surface area contributed by atoms with Crippen molar-refractivity contribution in [3.05, 3.63) is 34.2 Å². The van der Waals surface area contributed by atoms with Crippen molar-refractivity contribution in [2.45, 2.75) is 12.3 Å². The Balaban J connectivity index is 2.30. The molecule has 2 atom stereocenters. The van der Waals surface area contributed by atoms with E-state index in [1.807, 2.05) is 0 Å². The number of carboxylic acids is 1. The molecule has 7 nitrogen and oxygen atoms in total. The highest BCUT2D eigenvalue weighted by atomic mass is 16.4. The van der Waals surface area contributed by atoms with Crippen molar-refractivity contribution in [3.8, 4) is 0 Å². The Morgan fingerprint density at radius 3 is 2.60 bits per heavy atom. The number of carboxylic acid groups (broad SMARTS) is 2. The number of aryl methyl sites for hydroxylation is 1. The smallest absolute Gasteiger partial charge is 0.407 e. The molecular weight excluding hydrogens is 264 g/mol. The number of rotatable bonds is 2. The molecule has 0 bridgehead atoms. The molecule has 0 unspecified atom stereocenters. The van der Waals surface area contributed by atoms with Gasteiger partial charge in [-0.05, 0) is 18.1 Å². The van der Waals surface area contributed by atoms with Gasteiger partial charge in [0.15, 0.2) is 0 Å². The van der Waals surface area contributed by atoms with Crippen molar-refractivity contribution < 1.29 is 19.8 Å². The fourth-order valence-corrected chi connectivity index (χ4v) is 2.57. The van der Waals surface area contributed by atoms with Gasteiger partial charge in [-0.1, -0.05) is 0 Å². The van der Waals surface area contributed by atoms with E-state index in [9.17, 15) is 19.5 Å². The van der Waals surface area contributed by atoms with Crippen molar-refractivity contribution in [3.63, 3.8) is 0 Å². The van der Waals surface area contributed by atoms with Gasteiger partial charge in [0.25, 0.3) is 5.56 Å². The van der Waals surface area contributed by atoms with Crippen LogP contribution in [-0.4, -0.2) is 44.8 Å². The zero-order valence-corrected chi connectivity index (χ0v) is 11.0. The van der Waals surface area contributed by atoms with E-state index in [-0.39, 0.29) is 24.6 Å². The number of piperidine rings is 1. The van der Waals surface area contributed by atoms with Gasteiger partial charge in [0.2, 0.25) is 0 Å². The molecule has 1 aromatic rings. The summed E-state index contributed by atoms with van der Waals surface area (Å²) < 4.78 is 1.41. The van der Waals surface area contributed by atoms with Gasteiger partial charge in [-0.25, -0.2) is 4.79 Å². The van der Waals surface area contributed by atoms with Crippen LogP contribution in [0.4, 0.5) is 4.79 Å². The first-order valence-corrected chi connectivity index (χ1v) is 6.27. The Kier molecular flexibility index (Phi) is 3.78. The minimum atomic E-state index is -1.11. The summed E-state index contributed by atoms with van der Waals surface area (Å²) in [4.78, 5) is 35.0. The standard InChI is InChI=1S/C13H16N2O5/c1-14-4-2-8(6-11(14)16)9-3-5-15(13(19)20)7-10(9)12(17)18/h2,4,6,9-10H,3,5,7H2,1H3,(H,17,18)(H,19,20)/t9-,10-/m1/s1. The van der Waals surface area contributed by atoms with Crippen LogP contribution in [0.5, 0.6) is 0 Å². The Morgan fingerprint density at radius 2 is 2.05 bits per heavy atom. The molecule has 2 N–H and O–H groups in total. The van der Waals surface area contributed by atoms with Crippen LogP contribution >= 0.6 is 0 Å². The highest BCUT2D eigenvalue weighted by Gasteiger charge is 2.37. The fourth-order valence-electron chi connectivity index (χ4n) is 2.57. The monoisotopic (exact) mass is 280 g/mol. The Bertz CT molecular complexity index is 595. The van der Waals surface area contributed by atoms with E-state index in [4.69, 9.17) is 5.11 Å². The van der Waals surface area contributed by atoms with Gasteiger partial charge >= 0.3 is 12.1 Å². The molecule has 0 aromatic carbocycles. The van der Waals surface area contributed by atoms with E-state index >= 15 is 0 Å². The molecule has 2 heterocycles. The number of aliphatic carboxylic acids is 1. The molecule has 1 aliphatic heterocycles. The SMILES string of the molecule is Cn1ccc([C@H]2CCN(C(=O)O)C[C@H]2C(=O)O)cc1=O. The highest BCUT2D eigenvalue weighted by molar-refractivity contribution is 5.74. The lowest BCUT2D eigenvalue weighted by atomic mass is 9.81. The van der Waals surface area contributed by atoms with Crippen molar-refractivity contribution >= 4 is 12.1 Å². The van der Waals surface area contributed by atoms with E-state index in [0.29, 0.717) is 12.0 Å². The molecule has 1 saturated heterocycles. The van der Waals surface area contributed by atoms with Crippen LogP contribution in [-0.2, 0) is 11.8 Å². The minimum Gasteiger partial charge on any atom is -0.481 e. The minimum absolute atomic E-state index is 0.0510. The Hall–Kier alpha value is -2.31. The average molecular weight is 280 g/mol. The molecule has 1 fully saturated rings. The third kappa shape index (κ3) is 2.66. The summed E-state index contributed by atoms with van der Waals surface area (Å²) in [7, 11) is 1.62. The molecule has 1 amide bonds. The van der Waals surface area contributed by atoms with Crippen molar-refractivity contribution in [1.29, 1.82) is 0 Å². The van der Waals surface area contributed by atoms with Gasteiger partial charge in [0.1, 0.15) is 0 Å². The number of hydrogen-bond donors (Lipinski definition) is 2. The Morgan fingerprint density at radius 1 is 1.35 bits per heavy atom. The maximum atomic E-state index is 11.6.